The van der Waals surface area contributed by atoms with E-state index >= 15 is 0 Å². The monoisotopic (exact) mass is 240 g/mol. The maximum absolute atomic E-state index is 5.58. The molecule has 2 rings (SSSR count). The Bertz CT molecular complexity index is 135. The van der Waals surface area contributed by atoms with Crippen molar-refractivity contribution < 1.29 is 21.2 Å². The maximum Gasteiger partial charge on any atom is 0.305 e. The summed E-state index contributed by atoms with van der Waals surface area (Å²) in [4.78, 5) is 0. The third-order valence-electron chi connectivity index (χ3n) is 1.70. The Morgan fingerprint density at radius 3 is 2.42 bits per heavy atom. The molecule has 0 amide bonds. The van der Waals surface area contributed by atoms with Gasteiger partial charge in [0.15, 0.2) is 0 Å². The van der Waals surface area contributed by atoms with Crippen molar-refractivity contribution in [2.45, 2.75) is 12.1 Å². The van der Waals surface area contributed by atoms with Gasteiger partial charge in [-0.3, -0.25) is 0 Å². The lowest BCUT2D eigenvalue weighted by atomic mass is 10.6. The average Bonchev–Trinajstić information content (AvgIpc) is 2.78. The molecule has 2 saturated heterocycles. The molecule has 0 N–H and O–H groups in total. The van der Waals surface area contributed by atoms with Crippen LogP contribution in [0.3, 0.4) is 0 Å². The zero-order valence-corrected chi connectivity index (χ0v) is 12.1. The third-order valence-corrected chi connectivity index (χ3v) is 9.34. The summed E-state index contributed by atoms with van der Waals surface area (Å²) in [7, 11) is -3.68. The first-order valence-electron chi connectivity index (χ1n) is 3.95. The van der Waals surface area contributed by atoms with E-state index in [-0.39, 0.29) is 0 Å². The van der Waals surface area contributed by atoms with Crippen molar-refractivity contribution in [2.24, 2.45) is 0 Å². The van der Waals surface area contributed by atoms with Crippen LogP contribution < -0.4 is 0 Å². The number of rotatable bonds is 2. The lowest BCUT2D eigenvalue weighted by Crippen LogP contribution is -2.34. The van der Waals surface area contributed by atoms with E-state index < -0.39 is 39.3 Å². The quantitative estimate of drug-likeness (QED) is 0.374. The molecule has 0 aromatic carbocycles. The highest BCUT2D eigenvalue weighted by Crippen LogP contribution is 2.17. The molecule has 0 aromatic heterocycles. The molecule has 2 aliphatic rings. The second kappa shape index (κ2) is 4.78. The van der Waals surface area contributed by atoms with Crippen LogP contribution in [0, 0.1) is 0 Å². The zero-order chi connectivity index (χ0) is 8.23. The Kier molecular flexibility index (Phi) is 3.68. The average molecular weight is 240 g/mol. The summed E-state index contributed by atoms with van der Waals surface area (Å²) in [6.07, 6.45) is 0.418. The highest BCUT2D eigenvalue weighted by molar-refractivity contribution is 6.60. The van der Waals surface area contributed by atoms with Gasteiger partial charge in [0.05, 0.1) is 12.7 Å². The Labute approximate surface area is 79.7 Å². The van der Waals surface area contributed by atoms with Crippen LogP contribution in [0.2, 0.25) is 6.04 Å². The second-order valence-electron chi connectivity index (χ2n) is 2.72. The molecule has 2 fully saturated rings. The van der Waals surface area contributed by atoms with Crippen LogP contribution in [0.25, 0.3) is 0 Å². The van der Waals surface area contributed by atoms with Gasteiger partial charge >= 0.3 is 9.28 Å². The molecule has 70 valence electrons. The maximum atomic E-state index is 5.58. The van der Waals surface area contributed by atoms with E-state index in [9.17, 15) is 0 Å². The molecule has 0 spiro atoms. The SMILES string of the molecule is C1O[C@@H]1C[SiH]1O[SiH2]O[SiH2]O[SiH2]O1. The number of hydrogen-bond acceptors (Lipinski definition) is 5. The van der Waals surface area contributed by atoms with E-state index in [1.54, 1.807) is 0 Å². The summed E-state index contributed by atoms with van der Waals surface area (Å²) in [5, 5.41) is 0. The van der Waals surface area contributed by atoms with Crippen LogP contribution in [0.4, 0.5) is 0 Å². The fourth-order valence-electron chi connectivity index (χ4n) is 0.978. The molecule has 1 atom stereocenters. The van der Waals surface area contributed by atoms with E-state index in [2.05, 4.69) is 0 Å². The molecule has 0 aromatic rings. The summed E-state index contributed by atoms with van der Waals surface area (Å²) in [5.74, 6) is 0. The van der Waals surface area contributed by atoms with E-state index in [1.165, 1.54) is 0 Å². The van der Waals surface area contributed by atoms with E-state index in [0.29, 0.717) is 6.10 Å². The van der Waals surface area contributed by atoms with Gasteiger partial charge in [0.25, 0.3) is 30.0 Å². The lowest BCUT2D eigenvalue weighted by molar-refractivity contribution is 0.321. The molecule has 0 saturated carbocycles. The van der Waals surface area contributed by atoms with Gasteiger partial charge in [-0.1, -0.05) is 0 Å². The molecule has 0 radical (unpaired) electrons. The van der Waals surface area contributed by atoms with Gasteiger partial charge in [-0.25, -0.2) is 0 Å². The van der Waals surface area contributed by atoms with Crippen LogP contribution in [0.1, 0.15) is 0 Å². The number of epoxide rings is 1. The fourth-order valence-corrected chi connectivity index (χ4v) is 9.81. The summed E-state index contributed by atoms with van der Waals surface area (Å²) in [6, 6.07) is 0.980. The molecule has 2 heterocycles. The molecule has 9 heteroatoms. The summed E-state index contributed by atoms with van der Waals surface area (Å²) in [5.41, 5.74) is 0. The van der Waals surface area contributed by atoms with Crippen molar-refractivity contribution in [1.82, 2.24) is 0 Å². The molecular formula is C3H12O5Si4. The van der Waals surface area contributed by atoms with Gasteiger partial charge in [0.1, 0.15) is 0 Å². The molecule has 0 bridgehead atoms. The minimum absolute atomic E-state index is 0.418. The van der Waals surface area contributed by atoms with E-state index in [4.69, 9.17) is 21.2 Å². The van der Waals surface area contributed by atoms with E-state index in [1.807, 2.05) is 0 Å². The van der Waals surface area contributed by atoms with Crippen LogP contribution in [-0.2, 0) is 21.2 Å². The number of ether oxygens (including phenoxy) is 1. The predicted molar refractivity (Wildman–Crippen MR) is 51.7 cm³/mol. The van der Waals surface area contributed by atoms with E-state index in [0.717, 1.165) is 12.7 Å². The topological polar surface area (TPSA) is 49.5 Å². The lowest BCUT2D eigenvalue weighted by Gasteiger charge is -2.19. The Balaban J connectivity index is 1.69. The van der Waals surface area contributed by atoms with Crippen LogP contribution >= 0.6 is 0 Å². The van der Waals surface area contributed by atoms with Crippen molar-refractivity contribution in [2.75, 3.05) is 6.61 Å². The first-order valence-corrected chi connectivity index (χ1v) is 9.18. The highest BCUT2D eigenvalue weighted by Gasteiger charge is 2.29. The van der Waals surface area contributed by atoms with Gasteiger partial charge in [0, 0.05) is 6.04 Å². The van der Waals surface area contributed by atoms with Gasteiger partial charge in [0.2, 0.25) is 0 Å². The standard InChI is InChI=1S/C3H12O5Si4/c1-3(4-1)2-12-7-10-5-9-6-11-8-12/h3,12H,1-2,9-11H2/t3-/m0/s1. The Morgan fingerprint density at radius 2 is 1.83 bits per heavy atom. The van der Waals surface area contributed by atoms with Gasteiger partial charge in [-0.2, -0.15) is 0 Å². The molecule has 12 heavy (non-hydrogen) atoms. The summed E-state index contributed by atoms with van der Waals surface area (Å²) < 4.78 is 26.8. The van der Waals surface area contributed by atoms with Gasteiger partial charge in [-0.05, 0) is 0 Å². The second-order valence-corrected chi connectivity index (χ2v) is 10.7. The van der Waals surface area contributed by atoms with Crippen LogP contribution in [0.15, 0.2) is 0 Å². The largest absolute Gasteiger partial charge is 0.425 e. The molecule has 5 nitrogen and oxygen atoms in total. The molecule has 2 aliphatic heterocycles. The smallest absolute Gasteiger partial charge is 0.305 e. The first-order chi connectivity index (χ1) is 5.95. The first kappa shape index (κ1) is 9.23. The summed E-state index contributed by atoms with van der Waals surface area (Å²) in [6.45, 7) is 0.885. The van der Waals surface area contributed by atoms with Crippen molar-refractivity contribution in [3.8, 4) is 0 Å². The normalized spacial score (nSPS) is 43.0. The zero-order valence-electron chi connectivity index (χ0n) is 6.73. The van der Waals surface area contributed by atoms with Crippen LogP contribution in [-0.4, -0.2) is 52.0 Å². The number of hydrogen-bond donors (Lipinski definition) is 0. The van der Waals surface area contributed by atoms with Crippen molar-refractivity contribution >= 4 is 39.3 Å². The van der Waals surface area contributed by atoms with Crippen molar-refractivity contribution in [3.63, 3.8) is 0 Å². The van der Waals surface area contributed by atoms with Crippen molar-refractivity contribution in [1.29, 1.82) is 0 Å². The van der Waals surface area contributed by atoms with Crippen LogP contribution in [0.5, 0.6) is 0 Å². The van der Waals surface area contributed by atoms with Crippen molar-refractivity contribution in [3.05, 3.63) is 0 Å². The minimum Gasteiger partial charge on any atom is -0.425 e. The molecular weight excluding hydrogens is 228 g/mol. The third kappa shape index (κ3) is 3.19. The van der Waals surface area contributed by atoms with Gasteiger partial charge in [-0.15, -0.1) is 0 Å². The fraction of sp³-hybridized carbons (Fsp3) is 1.00. The molecule has 0 aliphatic carbocycles. The summed E-state index contributed by atoms with van der Waals surface area (Å²) >= 11 is 0. The minimum atomic E-state index is -1.42. The Morgan fingerprint density at radius 1 is 1.17 bits per heavy atom. The van der Waals surface area contributed by atoms with Gasteiger partial charge < -0.3 is 21.2 Å². The highest BCUT2D eigenvalue weighted by atomic mass is 28.4. The predicted octanol–water partition coefficient (Wildman–Crippen LogP) is -3.32. The Hall–Kier alpha value is 0.668. The molecule has 0 unspecified atom stereocenters.